The fourth-order valence-corrected chi connectivity index (χ4v) is 4.37. The molecule has 7 N–H and O–H groups in total. The quantitative estimate of drug-likeness (QED) is 0.0351. The van der Waals surface area contributed by atoms with Crippen LogP contribution in [0.5, 0.6) is 0 Å². The first-order chi connectivity index (χ1) is 28.3. The van der Waals surface area contributed by atoms with Crippen LogP contribution in [0.25, 0.3) is 0 Å². The summed E-state index contributed by atoms with van der Waals surface area (Å²) in [7, 11) is 1.88. The van der Waals surface area contributed by atoms with Crippen molar-refractivity contribution in [2.45, 2.75) is 45.1 Å². The summed E-state index contributed by atoms with van der Waals surface area (Å²) in [6, 6.07) is -0.824. The van der Waals surface area contributed by atoms with Gasteiger partial charge in [-0.25, -0.2) is 0 Å². The molecule has 0 bridgehead atoms. The van der Waals surface area contributed by atoms with Crippen LogP contribution < -0.4 is 32.3 Å². The molecule has 0 spiro atoms. The molecular weight excluding hydrogens is 768 g/mol. The molecule has 0 aromatic carbocycles. The molecule has 21 heteroatoms. The summed E-state index contributed by atoms with van der Waals surface area (Å²) in [5.41, 5.74) is 5.36. The van der Waals surface area contributed by atoms with Crippen LogP contribution in [0.1, 0.15) is 39.0 Å². The number of carbonyl (C=O) groups is 5. The molecule has 0 aliphatic carbocycles. The van der Waals surface area contributed by atoms with E-state index in [1.807, 2.05) is 7.05 Å². The van der Waals surface area contributed by atoms with Crippen molar-refractivity contribution in [3.63, 3.8) is 0 Å². The maximum atomic E-state index is 11.9. The fourth-order valence-electron chi connectivity index (χ4n) is 4.37. The van der Waals surface area contributed by atoms with Crippen LogP contribution in [-0.2, 0) is 71.3 Å². The van der Waals surface area contributed by atoms with Gasteiger partial charge < -0.3 is 79.7 Å². The van der Waals surface area contributed by atoms with E-state index < -0.39 is 11.9 Å². The first-order valence-corrected chi connectivity index (χ1v) is 20.0. The number of ether oxygens (including phenoxy) is 10. The van der Waals surface area contributed by atoms with E-state index in [0.717, 1.165) is 6.54 Å². The number of likely N-dealkylation sites (N-methyl/N-ethyl adjacent to an activating group) is 1. The second kappa shape index (κ2) is 43.5. The van der Waals surface area contributed by atoms with Crippen LogP contribution in [0.2, 0.25) is 0 Å². The van der Waals surface area contributed by atoms with Gasteiger partial charge in [0, 0.05) is 45.9 Å². The first-order valence-electron chi connectivity index (χ1n) is 20.0. The standard InChI is InChI=1S/C37H72N6O15/c1-32(44)40-9-6-35(46)43-33(37(38)48)5-3-4-8-41-36(47)31-58-30-29-51-14-11-42-34(45)7-12-49-15-17-52-19-21-54-23-25-56-27-28-57-26-24-55-22-20-53-18-16-50-13-10-39-2/h33,39H,3-31H2,1-2H3,(H2,38,48)(H,40,44)(H,41,47)(H,42,45)(H,43,46). The summed E-state index contributed by atoms with van der Waals surface area (Å²) in [4.78, 5) is 58.3. The van der Waals surface area contributed by atoms with Gasteiger partial charge in [0.25, 0.3) is 0 Å². The number of nitrogens with two attached hydrogens (primary N) is 1. The van der Waals surface area contributed by atoms with Crippen LogP contribution in [-0.4, -0.2) is 201 Å². The number of unbranched alkanes of at least 4 members (excludes halogenated alkanes) is 1. The molecular formula is C37H72N6O15. The van der Waals surface area contributed by atoms with E-state index >= 15 is 0 Å². The van der Waals surface area contributed by atoms with Crippen molar-refractivity contribution in [3.05, 3.63) is 0 Å². The van der Waals surface area contributed by atoms with Crippen LogP contribution in [0.4, 0.5) is 0 Å². The van der Waals surface area contributed by atoms with Crippen LogP contribution >= 0.6 is 0 Å². The molecule has 0 heterocycles. The second-order valence-corrected chi connectivity index (χ2v) is 12.4. The Hall–Kier alpha value is -3.09. The molecule has 0 aromatic rings. The zero-order valence-electron chi connectivity index (χ0n) is 34.8. The molecule has 0 aromatic heterocycles. The first kappa shape index (κ1) is 54.9. The van der Waals surface area contributed by atoms with E-state index in [2.05, 4.69) is 26.6 Å². The fraction of sp³-hybridized carbons (Fsp3) is 0.865. The minimum atomic E-state index is -0.824. The smallest absolute Gasteiger partial charge is 0.245 e. The molecule has 0 fully saturated rings. The lowest BCUT2D eigenvalue weighted by molar-refractivity contribution is -0.127. The van der Waals surface area contributed by atoms with Gasteiger partial charge in [-0.2, -0.15) is 0 Å². The molecule has 0 saturated carbocycles. The molecule has 58 heavy (non-hydrogen) atoms. The summed E-state index contributed by atoms with van der Waals surface area (Å²) < 4.78 is 54.2. The zero-order valence-corrected chi connectivity index (χ0v) is 34.8. The van der Waals surface area contributed by atoms with Crippen molar-refractivity contribution in [2.75, 3.05) is 165 Å². The molecule has 5 amide bonds. The highest BCUT2D eigenvalue weighted by atomic mass is 16.6. The molecule has 21 nitrogen and oxygen atoms in total. The third-order valence-electron chi connectivity index (χ3n) is 7.39. The lowest BCUT2D eigenvalue weighted by Crippen LogP contribution is -2.45. The van der Waals surface area contributed by atoms with Crippen molar-refractivity contribution in [3.8, 4) is 0 Å². The average molecular weight is 841 g/mol. The van der Waals surface area contributed by atoms with E-state index in [0.29, 0.717) is 138 Å². The van der Waals surface area contributed by atoms with E-state index in [-0.39, 0.29) is 69.4 Å². The Morgan fingerprint density at radius 2 is 0.879 bits per heavy atom. The summed E-state index contributed by atoms with van der Waals surface area (Å²) in [6.07, 6.45) is 1.70. The maximum absolute atomic E-state index is 11.9. The van der Waals surface area contributed by atoms with Crippen molar-refractivity contribution in [1.29, 1.82) is 0 Å². The number of hydrogen-bond acceptors (Lipinski definition) is 16. The predicted octanol–water partition coefficient (Wildman–Crippen LogP) is -2.34. The molecule has 0 rings (SSSR count). The van der Waals surface area contributed by atoms with Crippen molar-refractivity contribution in [2.24, 2.45) is 5.73 Å². The molecule has 1 unspecified atom stereocenters. The van der Waals surface area contributed by atoms with Crippen LogP contribution in [0, 0.1) is 0 Å². The molecule has 0 aliphatic rings. The third kappa shape index (κ3) is 42.5. The van der Waals surface area contributed by atoms with Crippen LogP contribution in [0.15, 0.2) is 0 Å². The van der Waals surface area contributed by atoms with Gasteiger partial charge in [0.2, 0.25) is 29.5 Å². The molecule has 0 saturated heterocycles. The van der Waals surface area contributed by atoms with Gasteiger partial charge in [-0.1, -0.05) is 0 Å². The highest BCUT2D eigenvalue weighted by molar-refractivity contribution is 5.86. The minimum Gasteiger partial charge on any atom is -0.379 e. The zero-order chi connectivity index (χ0) is 42.6. The number of hydrogen-bond donors (Lipinski definition) is 6. The van der Waals surface area contributed by atoms with Crippen LogP contribution in [0.3, 0.4) is 0 Å². The Balaban J connectivity index is 3.39. The van der Waals surface area contributed by atoms with E-state index in [9.17, 15) is 24.0 Å². The van der Waals surface area contributed by atoms with Gasteiger partial charge in [0.15, 0.2) is 0 Å². The lowest BCUT2D eigenvalue weighted by Gasteiger charge is -2.15. The largest absolute Gasteiger partial charge is 0.379 e. The third-order valence-corrected chi connectivity index (χ3v) is 7.39. The Labute approximate surface area is 343 Å². The highest BCUT2D eigenvalue weighted by Gasteiger charge is 2.17. The molecule has 0 radical (unpaired) electrons. The highest BCUT2D eigenvalue weighted by Crippen LogP contribution is 2.01. The lowest BCUT2D eigenvalue weighted by atomic mass is 10.1. The molecule has 1 atom stereocenters. The molecule has 340 valence electrons. The SMILES string of the molecule is CNCCOCCOCCOCCOCCOCCOCCOCCOCCC(=O)NCCOCCOCC(=O)NCCCCC(NC(=O)CCNC(C)=O)C(N)=O. The maximum Gasteiger partial charge on any atom is 0.245 e. The second-order valence-electron chi connectivity index (χ2n) is 12.4. The van der Waals surface area contributed by atoms with Gasteiger partial charge >= 0.3 is 0 Å². The van der Waals surface area contributed by atoms with E-state index in [1.54, 1.807) is 0 Å². The Morgan fingerprint density at radius 3 is 1.34 bits per heavy atom. The van der Waals surface area contributed by atoms with E-state index in [1.165, 1.54) is 6.92 Å². The average Bonchev–Trinajstić information content (AvgIpc) is 3.19. The number of amides is 5. The Bertz CT molecular complexity index is 1020. The summed E-state index contributed by atoms with van der Waals surface area (Å²) >= 11 is 0. The monoisotopic (exact) mass is 841 g/mol. The number of rotatable bonds is 45. The molecule has 0 aliphatic heterocycles. The van der Waals surface area contributed by atoms with Gasteiger partial charge in [-0.05, 0) is 26.3 Å². The number of carbonyl (C=O) groups excluding carboxylic acids is 5. The van der Waals surface area contributed by atoms with Gasteiger partial charge in [-0.3, -0.25) is 24.0 Å². The number of primary amides is 1. The Kier molecular flexibility index (Phi) is 41.2. The van der Waals surface area contributed by atoms with Crippen molar-refractivity contribution >= 4 is 29.5 Å². The van der Waals surface area contributed by atoms with Crippen molar-refractivity contribution in [1.82, 2.24) is 26.6 Å². The summed E-state index contributed by atoms with van der Waals surface area (Å²) in [5.74, 6) is -1.73. The van der Waals surface area contributed by atoms with Crippen molar-refractivity contribution < 1.29 is 71.3 Å². The van der Waals surface area contributed by atoms with Gasteiger partial charge in [0.05, 0.1) is 126 Å². The van der Waals surface area contributed by atoms with Gasteiger partial charge in [0.1, 0.15) is 12.6 Å². The van der Waals surface area contributed by atoms with E-state index in [4.69, 9.17) is 53.1 Å². The summed E-state index contributed by atoms with van der Waals surface area (Å²) in [5, 5.41) is 13.5. The summed E-state index contributed by atoms with van der Waals surface area (Å²) in [6.45, 7) is 11.3. The normalized spacial score (nSPS) is 11.6. The Morgan fingerprint density at radius 1 is 0.448 bits per heavy atom. The topological polar surface area (TPSA) is 264 Å². The minimum absolute atomic E-state index is 0.0384. The van der Waals surface area contributed by atoms with Gasteiger partial charge in [-0.15, -0.1) is 0 Å². The number of nitrogens with one attached hydrogen (secondary N) is 5. The predicted molar refractivity (Wildman–Crippen MR) is 211 cm³/mol.